The van der Waals surface area contributed by atoms with E-state index in [0.29, 0.717) is 24.2 Å². The number of para-hydroxylation sites is 2. The Morgan fingerprint density at radius 2 is 1.61 bits per heavy atom. The summed E-state index contributed by atoms with van der Waals surface area (Å²) in [4.78, 5) is 39.2. The topological polar surface area (TPSA) is 84.4 Å². The van der Waals surface area contributed by atoms with Gasteiger partial charge in [-0.2, -0.15) is 0 Å². The van der Waals surface area contributed by atoms with Crippen LogP contribution in [0.25, 0.3) is 21.8 Å². The first-order chi connectivity index (χ1) is 20.0. The van der Waals surface area contributed by atoms with Gasteiger partial charge in [0.15, 0.2) is 6.10 Å². The predicted molar refractivity (Wildman–Crippen MR) is 161 cm³/mol. The number of ether oxygens (including phenoxy) is 1. The third-order valence-corrected chi connectivity index (χ3v) is 7.59. The number of rotatable bonds is 7. The summed E-state index contributed by atoms with van der Waals surface area (Å²) in [6.45, 7) is 5.94. The molecule has 1 unspecified atom stereocenters. The highest BCUT2D eigenvalue weighted by atomic mass is 16.5. The summed E-state index contributed by atoms with van der Waals surface area (Å²) in [5.74, 6) is -0.867. The van der Waals surface area contributed by atoms with Crippen molar-refractivity contribution in [3.63, 3.8) is 0 Å². The Bertz CT molecular complexity index is 1750. The maximum Gasteiger partial charge on any atom is 0.340 e. The molecule has 6 rings (SSSR count). The number of esters is 1. The molecule has 7 heteroatoms. The Labute approximate surface area is 239 Å². The van der Waals surface area contributed by atoms with E-state index >= 15 is 0 Å². The molecule has 0 spiro atoms. The Hall–Kier alpha value is -4.62. The van der Waals surface area contributed by atoms with Crippen molar-refractivity contribution >= 4 is 39.4 Å². The molecule has 3 heterocycles. The molecule has 0 radical (unpaired) electrons. The maximum absolute atomic E-state index is 13.9. The summed E-state index contributed by atoms with van der Waals surface area (Å²) in [7, 11) is 0. The second kappa shape index (κ2) is 11.5. The van der Waals surface area contributed by atoms with Crippen LogP contribution in [-0.2, 0) is 29.0 Å². The summed E-state index contributed by atoms with van der Waals surface area (Å²) in [5.41, 5.74) is 6.50. The quantitative estimate of drug-likeness (QED) is 0.245. The summed E-state index contributed by atoms with van der Waals surface area (Å²) < 4.78 is 5.98. The lowest BCUT2D eigenvalue weighted by molar-refractivity contribution is -0.124. The van der Waals surface area contributed by atoms with Gasteiger partial charge in [0.2, 0.25) is 0 Å². The van der Waals surface area contributed by atoms with E-state index in [4.69, 9.17) is 9.72 Å². The molecule has 0 saturated carbocycles. The molecule has 1 N–H and O–H groups in total. The molecule has 1 amide bonds. The highest BCUT2D eigenvalue weighted by molar-refractivity contribution is 6.07. The Morgan fingerprint density at radius 3 is 2.37 bits per heavy atom. The van der Waals surface area contributed by atoms with E-state index in [1.165, 1.54) is 5.56 Å². The maximum atomic E-state index is 13.9. The minimum absolute atomic E-state index is 0.338. The van der Waals surface area contributed by atoms with E-state index in [1.807, 2.05) is 86.6 Å². The lowest BCUT2D eigenvalue weighted by atomic mass is 9.95. The lowest BCUT2D eigenvalue weighted by Gasteiger charge is -2.30. The molecule has 0 saturated heterocycles. The van der Waals surface area contributed by atoms with Gasteiger partial charge >= 0.3 is 5.97 Å². The molecule has 0 fully saturated rings. The number of fused-ring (bicyclic) bond motifs is 3. The smallest absolute Gasteiger partial charge is 0.340 e. The molecule has 7 nitrogen and oxygen atoms in total. The largest absolute Gasteiger partial charge is 0.449 e. The fourth-order valence-corrected chi connectivity index (χ4v) is 5.59. The normalized spacial score (nSPS) is 14.0. The van der Waals surface area contributed by atoms with Gasteiger partial charge in [0.05, 0.1) is 22.3 Å². The van der Waals surface area contributed by atoms with E-state index in [-0.39, 0.29) is 5.91 Å². The molecule has 5 aromatic rings. The molecule has 0 aliphatic carbocycles. The minimum Gasteiger partial charge on any atom is -0.449 e. The van der Waals surface area contributed by atoms with Crippen molar-refractivity contribution in [2.45, 2.75) is 45.9 Å². The van der Waals surface area contributed by atoms with Crippen molar-refractivity contribution in [1.29, 1.82) is 0 Å². The van der Waals surface area contributed by atoms with E-state index in [9.17, 15) is 9.59 Å². The third-order valence-electron chi connectivity index (χ3n) is 7.59. The zero-order valence-electron chi connectivity index (χ0n) is 23.3. The van der Waals surface area contributed by atoms with Crippen LogP contribution in [0.3, 0.4) is 0 Å². The average Bonchev–Trinajstić information content (AvgIpc) is 2.99. The summed E-state index contributed by atoms with van der Waals surface area (Å²) in [6, 6.07) is 27.4. The van der Waals surface area contributed by atoms with Gasteiger partial charge < -0.3 is 10.1 Å². The fourth-order valence-electron chi connectivity index (χ4n) is 5.59. The number of aryl methyl sites for hydroxylation is 1. The number of hydrogen-bond acceptors (Lipinski definition) is 6. The molecule has 1 aliphatic rings. The molecule has 0 bridgehead atoms. The number of benzene rings is 3. The van der Waals surface area contributed by atoms with Gasteiger partial charge in [-0.1, -0.05) is 73.7 Å². The third kappa shape index (κ3) is 5.54. The molecular formula is C34H32N4O3. The SMILES string of the molecule is CCC(OC(=O)c1c2c(nc3ccccc13)CCN(Cc1ccccc1)C2)C(=O)Nc1cc(C)nc2ccccc12. The fraction of sp³-hybridized carbons (Fsp3) is 0.235. The van der Waals surface area contributed by atoms with Crippen LogP contribution in [0, 0.1) is 6.92 Å². The number of amides is 1. The first-order valence-corrected chi connectivity index (χ1v) is 14.0. The van der Waals surface area contributed by atoms with Crippen molar-refractivity contribution in [1.82, 2.24) is 14.9 Å². The van der Waals surface area contributed by atoms with Crippen LogP contribution in [-0.4, -0.2) is 39.4 Å². The van der Waals surface area contributed by atoms with Crippen LogP contribution >= 0.6 is 0 Å². The first-order valence-electron chi connectivity index (χ1n) is 14.0. The molecular weight excluding hydrogens is 512 g/mol. The van der Waals surface area contributed by atoms with Crippen LogP contribution in [0.4, 0.5) is 5.69 Å². The van der Waals surface area contributed by atoms with E-state index in [2.05, 4.69) is 27.3 Å². The van der Waals surface area contributed by atoms with Gasteiger partial charge in [-0.3, -0.25) is 19.7 Å². The summed E-state index contributed by atoms with van der Waals surface area (Å²) in [6.07, 6.45) is 0.117. The second-order valence-electron chi connectivity index (χ2n) is 10.5. The van der Waals surface area contributed by atoms with Gasteiger partial charge in [0, 0.05) is 53.8 Å². The minimum atomic E-state index is -0.957. The van der Waals surface area contributed by atoms with Gasteiger partial charge in [0.25, 0.3) is 5.91 Å². The molecule has 41 heavy (non-hydrogen) atoms. The Balaban J connectivity index is 1.29. The van der Waals surface area contributed by atoms with Crippen molar-refractivity contribution in [2.75, 3.05) is 11.9 Å². The number of nitrogens with zero attached hydrogens (tertiary/aromatic N) is 3. The van der Waals surface area contributed by atoms with Crippen LogP contribution < -0.4 is 5.32 Å². The van der Waals surface area contributed by atoms with Gasteiger partial charge in [-0.25, -0.2) is 4.79 Å². The Morgan fingerprint density at radius 1 is 0.927 bits per heavy atom. The van der Waals surface area contributed by atoms with Gasteiger partial charge in [0.1, 0.15) is 0 Å². The standard InChI is InChI=1S/C34H32N4O3/c1-3-31(33(39)37-30-19-22(2)35-27-15-9-7-13-24(27)30)41-34(40)32-25-14-8-10-16-28(25)36-29-17-18-38(21-26(29)32)20-23-11-5-4-6-12-23/h4-16,19,31H,3,17-18,20-21H2,1-2H3,(H,35,37,39). The molecule has 206 valence electrons. The van der Waals surface area contributed by atoms with Crippen molar-refractivity contribution in [2.24, 2.45) is 0 Å². The predicted octanol–water partition coefficient (Wildman–Crippen LogP) is 6.22. The number of carbonyl (C=O) groups is 2. The number of carbonyl (C=O) groups excluding carboxylic acids is 2. The molecule has 3 aromatic carbocycles. The van der Waals surface area contributed by atoms with Crippen LogP contribution in [0.5, 0.6) is 0 Å². The van der Waals surface area contributed by atoms with Gasteiger partial charge in [-0.05, 0) is 37.1 Å². The second-order valence-corrected chi connectivity index (χ2v) is 10.5. The van der Waals surface area contributed by atoms with Gasteiger partial charge in [-0.15, -0.1) is 0 Å². The average molecular weight is 545 g/mol. The van der Waals surface area contributed by atoms with Crippen LogP contribution in [0.15, 0.2) is 84.9 Å². The lowest BCUT2D eigenvalue weighted by Crippen LogP contribution is -2.35. The van der Waals surface area contributed by atoms with Crippen molar-refractivity contribution in [3.8, 4) is 0 Å². The number of aromatic nitrogens is 2. The van der Waals surface area contributed by atoms with Crippen molar-refractivity contribution in [3.05, 3.63) is 113 Å². The molecule has 1 aliphatic heterocycles. The summed E-state index contributed by atoms with van der Waals surface area (Å²) >= 11 is 0. The summed E-state index contributed by atoms with van der Waals surface area (Å²) in [5, 5.41) is 4.56. The monoisotopic (exact) mass is 544 g/mol. The van der Waals surface area contributed by atoms with E-state index < -0.39 is 12.1 Å². The number of anilines is 1. The Kier molecular flexibility index (Phi) is 7.44. The zero-order chi connectivity index (χ0) is 28.3. The highest BCUT2D eigenvalue weighted by Crippen LogP contribution is 2.30. The van der Waals surface area contributed by atoms with E-state index in [1.54, 1.807) is 0 Å². The van der Waals surface area contributed by atoms with Crippen molar-refractivity contribution < 1.29 is 14.3 Å². The first kappa shape index (κ1) is 26.6. The zero-order valence-corrected chi connectivity index (χ0v) is 23.3. The molecule has 2 aromatic heterocycles. The number of hydrogen-bond donors (Lipinski definition) is 1. The number of nitrogens with one attached hydrogen (secondary N) is 1. The number of pyridine rings is 2. The van der Waals surface area contributed by atoms with Crippen LogP contribution in [0.1, 0.15) is 46.2 Å². The van der Waals surface area contributed by atoms with E-state index in [0.717, 1.165) is 58.3 Å². The molecule has 1 atom stereocenters. The van der Waals surface area contributed by atoms with Crippen LogP contribution in [0.2, 0.25) is 0 Å². The highest BCUT2D eigenvalue weighted by Gasteiger charge is 2.30.